The average molecular weight is 568 g/mol. The van der Waals surface area contributed by atoms with Crippen LogP contribution in [0.4, 0.5) is 24.8 Å². The molecule has 0 bridgehead atoms. The van der Waals surface area contributed by atoms with Crippen LogP contribution in [-0.2, 0) is 6.42 Å². The number of likely N-dealkylation sites (tertiary alicyclic amines) is 1. The molecule has 1 saturated heterocycles. The number of carbonyl (C=O) groups is 1. The van der Waals surface area contributed by atoms with Gasteiger partial charge < -0.3 is 19.7 Å². The highest BCUT2D eigenvalue weighted by molar-refractivity contribution is 5.92. The van der Waals surface area contributed by atoms with Crippen molar-refractivity contribution in [2.24, 2.45) is 0 Å². The van der Waals surface area contributed by atoms with Gasteiger partial charge in [-0.1, -0.05) is 19.1 Å². The first-order valence-electron chi connectivity index (χ1n) is 13.2. The Labute approximate surface area is 233 Å². The minimum absolute atomic E-state index is 0.0695. The minimum Gasteiger partial charge on any atom is -0.490 e. The van der Waals surface area contributed by atoms with Gasteiger partial charge in [0.15, 0.2) is 5.65 Å². The predicted molar refractivity (Wildman–Crippen MR) is 147 cm³/mol. The normalized spacial score (nSPS) is 14.7. The summed E-state index contributed by atoms with van der Waals surface area (Å²) in [6.45, 7) is 1.77. The molecule has 0 saturated carbocycles. The van der Waals surface area contributed by atoms with Gasteiger partial charge in [0.2, 0.25) is 11.4 Å². The van der Waals surface area contributed by atoms with E-state index >= 15 is 0 Å². The maximum Gasteiger partial charge on any atom is 0.401 e. The average Bonchev–Trinajstić information content (AvgIpc) is 2.94. The number of piperidine rings is 1. The fourth-order valence-electron chi connectivity index (χ4n) is 4.79. The standard InChI is InChI=1S/C29H28F3N5O4/c1-2-18-3-7-20(8-4-18)37-16-24(27(39)40)25(38)23-15-33-28(35-26(23)37)34-19-5-9-21(10-6-19)41-22-11-13-36(14-12-22)17-29(30,31)32/h3-10,15-16,22H,2,11-14,17H2,1H3,(H,39,40)(H,33,34,35). The van der Waals surface area contributed by atoms with E-state index in [2.05, 4.69) is 15.3 Å². The summed E-state index contributed by atoms with van der Waals surface area (Å²) < 4.78 is 45.4. The SMILES string of the molecule is CCc1ccc(-n2cc(C(=O)O)c(=O)c3cnc(Nc4ccc(OC5CCN(CC(F)(F)F)CC5)cc4)nc32)cc1. The Morgan fingerprint density at radius 3 is 2.39 bits per heavy atom. The summed E-state index contributed by atoms with van der Waals surface area (Å²) in [7, 11) is 0. The number of carboxylic acid groups (broad SMARTS) is 1. The van der Waals surface area contributed by atoms with Gasteiger partial charge in [-0.15, -0.1) is 0 Å². The van der Waals surface area contributed by atoms with Gasteiger partial charge in [-0.25, -0.2) is 9.78 Å². The second kappa shape index (κ2) is 11.6. The van der Waals surface area contributed by atoms with Crippen molar-refractivity contribution in [3.63, 3.8) is 0 Å². The maximum atomic E-state index is 12.8. The Bertz CT molecular complexity index is 1600. The third-order valence-electron chi connectivity index (χ3n) is 6.95. The number of fused-ring (bicyclic) bond motifs is 1. The van der Waals surface area contributed by atoms with Gasteiger partial charge in [0.1, 0.15) is 17.4 Å². The van der Waals surface area contributed by atoms with Crippen LogP contribution in [0.15, 0.2) is 65.7 Å². The van der Waals surface area contributed by atoms with Crippen LogP contribution in [0.1, 0.15) is 35.7 Å². The molecular formula is C29H28F3N5O4. The van der Waals surface area contributed by atoms with Gasteiger partial charge in [-0.2, -0.15) is 18.2 Å². The molecule has 2 N–H and O–H groups in total. The van der Waals surface area contributed by atoms with Crippen LogP contribution < -0.4 is 15.5 Å². The molecule has 2 aromatic heterocycles. The van der Waals surface area contributed by atoms with E-state index in [9.17, 15) is 27.9 Å². The number of pyridine rings is 1. The minimum atomic E-state index is -4.20. The molecule has 5 rings (SSSR count). The quantitative estimate of drug-likeness (QED) is 0.300. The Morgan fingerprint density at radius 2 is 1.78 bits per heavy atom. The van der Waals surface area contributed by atoms with Crippen molar-refractivity contribution in [1.82, 2.24) is 19.4 Å². The second-order valence-corrected chi connectivity index (χ2v) is 9.86. The lowest BCUT2D eigenvalue weighted by molar-refractivity contribution is -0.149. The van der Waals surface area contributed by atoms with Gasteiger partial charge in [0.05, 0.1) is 11.9 Å². The summed E-state index contributed by atoms with van der Waals surface area (Å²) >= 11 is 0. The van der Waals surface area contributed by atoms with E-state index in [1.165, 1.54) is 17.3 Å². The third-order valence-corrected chi connectivity index (χ3v) is 6.95. The summed E-state index contributed by atoms with van der Waals surface area (Å²) in [5, 5.41) is 12.7. The van der Waals surface area contributed by atoms with E-state index in [-0.39, 0.29) is 28.6 Å². The third kappa shape index (κ3) is 6.65. The smallest absolute Gasteiger partial charge is 0.401 e. The van der Waals surface area contributed by atoms with Crippen molar-refractivity contribution in [2.45, 2.75) is 38.5 Å². The lowest BCUT2D eigenvalue weighted by Gasteiger charge is -2.32. The molecule has 0 spiro atoms. The van der Waals surface area contributed by atoms with Crippen LogP contribution >= 0.6 is 0 Å². The zero-order valence-corrected chi connectivity index (χ0v) is 22.2. The zero-order valence-electron chi connectivity index (χ0n) is 22.2. The van der Waals surface area contributed by atoms with Gasteiger partial charge in [0.25, 0.3) is 0 Å². The number of rotatable bonds is 8. The van der Waals surface area contributed by atoms with Crippen LogP contribution in [0, 0.1) is 0 Å². The Kier molecular flexibility index (Phi) is 7.93. The molecule has 214 valence electrons. The van der Waals surface area contributed by atoms with Gasteiger partial charge >= 0.3 is 12.1 Å². The summed E-state index contributed by atoms with van der Waals surface area (Å²) in [5.74, 6) is -0.549. The number of ether oxygens (including phenoxy) is 1. The molecule has 1 aliphatic rings. The summed E-state index contributed by atoms with van der Waals surface area (Å²) in [6.07, 6.45) is 0.0581. The number of hydrogen-bond donors (Lipinski definition) is 2. The molecule has 1 aliphatic heterocycles. The molecule has 0 radical (unpaired) electrons. The van der Waals surface area contributed by atoms with E-state index in [1.54, 1.807) is 28.8 Å². The van der Waals surface area contributed by atoms with Gasteiger partial charge in [-0.3, -0.25) is 9.69 Å². The zero-order chi connectivity index (χ0) is 29.1. The molecule has 0 unspecified atom stereocenters. The van der Waals surface area contributed by atoms with Crippen LogP contribution in [0.25, 0.3) is 16.7 Å². The van der Waals surface area contributed by atoms with E-state index in [0.717, 1.165) is 12.0 Å². The first kappa shape index (κ1) is 28.1. The van der Waals surface area contributed by atoms with Gasteiger partial charge in [-0.05, 0) is 61.2 Å². The number of halogens is 3. The monoisotopic (exact) mass is 567 g/mol. The Morgan fingerprint density at radius 1 is 1.10 bits per heavy atom. The number of aromatic nitrogens is 3. The molecule has 12 heteroatoms. The number of aromatic carboxylic acids is 1. The number of carboxylic acids is 1. The molecule has 3 heterocycles. The summed E-state index contributed by atoms with van der Waals surface area (Å²) in [5.41, 5.74) is 1.58. The highest BCUT2D eigenvalue weighted by atomic mass is 19.4. The number of benzene rings is 2. The van der Waals surface area contributed by atoms with E-state index in [4.69, 9.17) is 4.74 Å². The molecule has 0 amide bonds. The largest absolute Gasteiger partial charge is 0.490 e. The first-order valence-corrected chi connectivity index (χ1v) is 13.2. The maximum absolute atomic E-state index is 12.8. The number of hydrogen-bond acceptors (Lipinski definition) is 7. The van der Waals surface area contributed by atoms with Crippen LogP contribution in [0.5, 0.6) is 5.75 Å². The van der Waals surface area contributed by atoms with Crippen LogP contribution in [0.2, 0.25) is 0 Å². The lowest BCUT2D eigenvalue weighted by atomic mass is 10.1. The van der Waals surface area contributed by atoms with Gasteiger partial charge in [0, 0.05) is 36.9 Å². The van der Waals surface area contributed by atoms with Crippen LogP contribution in [0.3, 0.4) is 0 Å². The van der Waals surface area contributed by atoms with E-state index < -0.39 is 24.1 Å². The van der Waals surface area contributed by atoms with Crippen molar-refractivity contribution < 1.29 is 27.8 Å². The lowest BCUT2D eigenvalue weighted by Crippen LogP contribution is -2.42. The molecule has 0 atom stereocenters. The van der Waals surface area contributed by atoms with Crippen molar-refractivity contribution >= 4 is 28.6 Å². The van der Waals surface area contributed by atoms with Crippen molar-refractivity contribution in [3.8, 4) is 11.4 Å². The number of nitrogens with one attached hydrogen (secondary N) is 1. The van der Waals surface area contributed by atoms with E-state index in [0.29, 0.717) is 43.1 Å². The van der Waals surface area contributed by atoms with Crippen molar-refractivity contribution in [3.05, 3.63) is 82.3 Å². The fraction of sp³-hybridized carbons (Fsp3) is 0.310. The van der Waals surface area contributed by atoms with Crippen molar-refractivity contribution in [1.29, 1.82) is 0 Å². The Balaban J connectivity index is 1.33. The molecule has 4 aromatic rings. The van der Waals surface area contributed by atoms with Crippen LogP contribution in [-0.4, -0.2) is 62.4 Å². The number of alkyl halides is 3. The fourth-order valence-corrected chi connectivity index (χ4v) is 4.79. The highest BCUT2D eigenvalue weighted by Gasteiger charge is 2.32. The highest BCUT2D eigenvalue weighted by Crippen LogP contribution is 2.25. The first-order chi connectivity index (χ1) is 19.6. The number of aryl methyl sites for hydroxylation is 1. The molecule has 1 fully saturated rings. The summed E-state index contributed by atoms with van der Waals surface area (Å²) in [4.78, 5) is 34.7. The number of anilines is 2. The van der Waals surface area contributed by atoms with E-state index in [1.807, 2.05) is 31.2 Å². The predicted octanol–water partition coefficient (Wildman–Crippen LogP) is 5.19. The molecule has 41 heavy (non-hydrogen) atoms. The second-order valence-electron chi connectivity index (χ2n) is 9.86. The molecule has 2 aromatic carbocycles. The molecular weight excluding hydrogens is 539 g/mol. The van der Waals surface area contributed by atoms with Crippen molar-refractivity contribution in [2.75, 3.05) is 25.0 Å². The summed E-state index contributed by atoms with van der Waals surface area (Å²) in [6, 6.07) is 14.5. The number of nitrogens with zero attached hydrogens (tertiary/aromatic N) is 4. The topological polar surface area (TPSA) is 110 Å². The molecule has 0 aliphatic carbocycles. The molecule has 9 nitrogen and oxygen atoms in total. The Hall–Kier alpha value is -4.45.